The molecule has 0 aromatic rings. The second kappa shape index (κ2) is 11.3. The van der Waals surface area contributed by atoms with Crippen LogP contribution >= 0.6 is 0 Å². The summed E-state index contributed by atoms with van der Waals surface area (Å²) in [7, 11) is -2.92. The summed E-state index contributed by atoms with van der Waals surface area (Å²) in [5.41, 5.74) is 0. The molecule has 0 radical (unpaired) electrons. The molecule has 0 amide bonds. The number of hydrogen-bond donors (Lipinski definition) is 3. The Kier molecular flexibility index (Phi) is 21.6. The predicted octanol–water partition coefficient (Wildman–Crippen LogP) is -14.5. The van der Waals surface area contributed by atoms with Gasteiger partial charge in [0.15, 0.2) is 5.79 Å². The maximum atomic E-state index is 8.42. The third-order valence-electron chi connectivity index (χ3n) is 0.867. The first-order valence-electron chi connectivity index (χ1n) is 2.46. The maximum absolute atomic E-state index is 8.42. The van der Waals surface area contributed by atoms with E-state index in [1.54, 1.807) is 0 Å². The van der Waals surface area contributed by atoms with Crippen LogP contribution in [0.1, 0.15) is 6.42 Å². The van der Waals surface area contributed by atoms with E-state index in [-0.39, 0.29) is 95.1 Å². The molecule has 13 heavy (non-hydrogen) atoms. The van der Waals surface area contributed by atoms with Crippen LogP contribution in [0.15, 0.2) is 0 Å². The van der Waals surface area contributed by atoms with Crippen LogP contribution in [0, 0.1) is 0 Å². The first kappa shape index (κ1) is 24.9. The first-order chi connectivity index (χ1) is 4.36. The minimum atomic E-state index is -2.92. The summed E-state index contributed by atoms with van der Waals surface area (Å²) in [6.45, 7) is 0. The van der Waals surface area contributed by atoms with Gasteiger partial charge in [-0.2, -0.15) is 0 Å². The van der Waals surface area contributed by atoms with Gasteiger partial charge in [0.1, 0.15) is 6.10 Å². The Morgan fingerprint density at radius 2 is 1.15 bits per heavy atom. The van der Waals surface area contributed by atoms with Gasteiger partial charge in [0, 0.05) is 6.42 Å². The summed E-state index contributed by atoms with van der Waals surface area (Å²) in [6.07, 6.45) is -0.787. The van der Waals surface area contributed by atoms with Crippen molar-refractivity contribution in [3.8, 4) is 0 Å². The molecule has 1 unspecified atom stereocenters. The number of aliphatic hydroxyl groups is 3. The van der Waals surface area contributed by atoms with E-state index in [9.17, 15) is 0 Å². The molecule has 0 aliphatic heterocycles. The number of aliphatic hydroxyl groups excluding tert-OH is 1. The molecule has 1 saturated carbocycles. The Bertz CT molecular complexity index is 111. The Morgan fingerprint density at radius 1 is 1.08 bits per heavy atom. The molecule has 0 aromatic carbocycles. The van der Waals surface area contributed by atoms with Crippen molar-refractivity contribution in [3.63, 3.8) is 0 Å². The van der Waals surface area contributed by atoms with Gasteiger partial charge in [0.25, 0.3) is 0 Å². The van der Waals surface area contributed by atoms with Gasteiger partial charge in [-0.15, -0.1) is 0 Å². The van der Waals surface area contributed by atoms with E-state index in [2.05, 4.69) is 0 Å². The van der Waals surface area contributed by atoms with Crippen LogP contribution in [0.5, 0.6) is 0 Å². The zero-order valence-electron chi connectivity index (χ0n) is 7.93. The normalized spacial score (nSPS) is 20.3. The fourth-order valence-corrected chi connectivity index (χ4v) is 0.226. The van der Waals surface area contributed by atoms with Crippen LogP contribution in [-0.4, -0.2) is 34.5 Å². The van der Waals surface area contributed by atoms with Gasteiger partial charge in [-0.05, 0) is 0 Å². The van der Waals surface area contributed by atoms with Crippen molar-refractivity contribution in [2.75, 3.05) is 0 Å². The van der Waals surface area contributed by atoms with Crippen molar-refractivity contribution in [2.45, 2.75) is 18.3 Å². The minimum Gasteiger partial charge on any atom is -0.907 e. The molecule has 1 rings (SSSR count). The third kappa shape index (κ3) is 17.4. The molecule has 6 nitrogen and oxygen atoms in total. The zero-order valence-corrected chi connectivity index (χ0v) is 13.9. The fraction of sp³-hybridized carbons (Fsp3) is 1.00. The largest absolute Gasteiger partial charge is 1.00 e. The summed E-state index contributed by atoms with van der Waals surface area (Å²) < 4.78 is 0. The molecule has 60 valence electrons. The van der Waals surface area contributed by atoms with Crippen molar-refractivity contribution in [1.82, 2.24) is 0 Å². The summed E-state index contributed by atoms with van der Waals surface area (Å²) in [4.78, 5) is 0. The van der Waals surface area contributed by atoms with Crippen molar-refractivity contribution in [1.29, 1.82) is 0 Å². The topological polar surface area (TPSA) is 130 Å². The molecule has 0 aromatic heterocycles. The molecule has 1 fully saturated rings. The molecule has 0 saturated heterocycles. The number of rotatable bonds is 0. The zero-order chi connectivity index (χ0) is 8.36. The van der Waals surface area contributed by atoms with Crippen LogP contribution in [0.25, 0.3) is 0 Å². The van der Waals surface area contributed by atoms with Crippen LogP contribution < -0.4 is 104 Å². The molecule has 0 spiro atoms. The average Bonchev–Trinajstić information content (AvgIpc) is 2.08. The summed E-state index contributed by atoms with van der Waals surface area (Å²) in [6, 6.07) is 0. The van der Waals surface area contributed by atoms with E-state index in [1.165, 1.54) is 0 Å². The Labute approximate surface area is 142 Å². The van der Waals surface area contributed by atoms with E-state index in [0.29, 0.717) is 0 Å². The predicted molar refractivity (Wildman–Crippen MR) is 23.5 cm³/mol. The quantitative estimate of drug-likeness (QED) is 0.273. The Morgan fingerprint density at radius 3 is 1.15 bits per heavy atom. The summed E-state index contributed by atoms with van der Waals surface area (Å²) in [5.74, 6) is -1.74. The van der Waals surface area contributed by atoms with Gasteiger partial charge in [-0.3, -0.25) is 7.32 Å². The van der Waals surface area contributed by atoms with E-state index in [4.69, 9.17) is 30.4 Å². The third-order valence-corrected chi connectivity index (χ3v) is 0.867. The molecular formula is C3H6BNa3O6. The SMILES string of the molecule is OC1CC1(O)O.[Na+].[Na+].[Na+].[O-]B([O-])[O-]. The second-order valence-corrected chi connectivity index (χ2v) is 1.89. The van der Waals surface area contributed by atoms with Crippen molar-refractivity contribution in [3.05, 3.63) is 0 Å². The minimum absolute atomic E-state index is 0. The van der Waals surface area contributed by atoms with Gasteiger partial charge in [-0.25, -0.2) is 0 Å². The molecule has 0 heterocycles. The molecule has 3 N–H and O–H groups in total. The van der Waals surface area contributed by atoms with Gasteiger partial charge in [-0.1, -0.05) is 0 Å². The summed E-state index contributed by atoms with van der Waals surface area (Å²) in [5, 5.41) is 49.9. The van der Waals surface area contributed by atoms with Crippen molar-refractivity contribution in [2.24, 2.45) is 0 Å². The van der Waals surface area contributed by atoms with Gasteiger partial charge in [0.2, 0.25) is 0 Å². The number of hydrogen-bond acceptors (Lipinski definition) is 6. The summed E-state index contributed by atoms with van der Waals surface area (Å²) >= 11 is 0. The van der Waals surface area contributed by atoms with Gasteiger partial charge < -0.3 is 30.4 Å². The molecule has 10 heteroatoms. The molecule has 0 bridgehead atoms. The van der Waals surface area contributed by atoms with Crippen LogP contribution in [-0.2, 0) is 0 Å². The van der Waals surface area contributed by atoms with E-state index >= 15 is 0 Å². The van der Waals surface area contributed by atoms with Crippen LogP contribution in [0.3, 0.4) is 0 Å². The maximum Gasteiger partial charge on any atom is 1.00 e. The average molecular weight is 218 g/mol. The van der Waals surface area contributed by atoms with E-state index < -0.39 is 19.2 Å². The van der Waals surface area contributed by atoms with Crippen molar-refractivity contribution >= 4 is 7.32 Å². The van der Waals surface area contributed by atoms with Crippen LogP contribution in [0.2, 0.25) is 0 Å². The van der Waals surface area contributed by atoms with Crippen molar-refractivity contribution < 1.29 is 119 Å². The molecule has 1 atom stereocenters. The fourth-order valence-electron chi connectivity index (χ4n) is 0.226. The van der Waals surface area contributed by atoms with E-state index in [0.717, 1.165) is 0 Å². The second-order valence-electron chi connectivity index (χ2n) is 1.89. The van der Waals surface area contributed by atoms with Gasteiger partial charge >= 0.3 is 88.7 Å². The first-order valence-corrected chi connectivity index (χ1v) is 2.46. The smallest absolute Gasteiger partial charge is 0.907 e. The Balaban J connectivity index is -0.0000000536. The molecule has 1 aliphatic carbocycles. The monoisotopic (exact) mass is 218 g/mol. The molecule has 1 aliphatic rings. The standard InChI is InChI=1S/C3H6O3.BO3.3Na/c4-2-1-3(2,5)6;2-1(3)4;;;/h2,4-6H,1H2;;;;/q;-3;3*+1. The molecular weight excluding hydrogens is 212 g/mol. The van der Waals surface area contributed by atoms with Crippen LogP contribution in [0.4, 0.5) is 0 Å². The Hall–Kier alpha value is 2.82. The van der Waals surface area contributed by atoms with E-state index in [1.807, 2.05) is 0 Å². The van der Waals surface area contributed by atoms with Gasteiger partial charge in [0.05, 0.1) is 0 Å².